The number of halogens is 1. The second-order valence-electron chi connectivity index (χ2n) is 6.84. The van der Waals surface area contributed by atoms with Gasteiger partial charge in [0.05, 0.1) is 17.8 Å². The number of carbonyl (C=O) groups is 1. The molecule has 3 rings (SSSR count). The highest BCUT2D eigenvalue weighted by Crippen LogP contribution is 2.28. The number of nitrogens with zero attached hydrogens (tertiary/aromatic N) is 3. The van der Waals surface area contributed by atoms with E-state index >= 15 is 0 Å². The molecular formula is C21H24FN3O2S. The van der Waals surface area contributed by atoms with E-state index in [0.29, 0.717) is 12.1 Å². The summed E-state index contributed by atoms with van der Waals surface area (Å²) in [7, 11) is 3.15. The quantitative estimate of drug-likeness (QED) is 0.617. The lowest BCUT2D eigenvalue weighted by atomic mass is 10.2. The van der Waals surface area contributed by atoms with Gasteiger partial charge in [-0.25, -0.2) is 9.37 Å². The van der Waals surface area contributed by atoms with Crippen LogP contribution in [-0.4, -0.2) is 34.5 Å². The monoisotopic (exact) mass is 401 g/mol. The molecule has 0 aliphatic carbocycles. The molecule has 0 aliphatic rings. The normalized spacial score (nSPS) is 10.9. The van der Waals surface area contributed by atoms with E-state index in [4.69, 9.17) is 4.74 Å². The Labute approximate surface area is 168 Å². The maximum absolute atomic E-state index is 13.9. The van der Waals surface area contributed by atoms with Crippen LogP contribution in [0.2, 0.25) is 0 Å². The molecule has 0 unspecified atom stereocenters. The number of hydrogen-bond donors (Lipinski definition) is 0. The highest BCUT2D eigenvalue weighted by Gasteiger charge is 2.17. The molecule has 0 saturated heterocycles. The summed E-state index contributed by atoms with van der Waals surface area (Å²) in [6, 6.07) is 6.80. The third-order valence-electron chi connectivity index (χ3n) is 4.82. The minimum atomic E-state index is -0.429. The fourth-order valence-electron chi connectivity index (χ4n) is 3.22. The van der Waals surface area contributed by atoms with Crippen LogP contribution in [-0.2, 0) is 17.9 Å². The zero-order valence-corrected chi connectivity index (χ0v) is 17.6. The van der Waals surface area contributed by atoms with Crippen LogP contribution in [0.3, 0.4) is 0 Å². The third-order valence-corrected chi connectivity index (χ3v) is 5.60. The molecular weight excluding hydrogens is 377 g/mol. The summed E-state index contributed by atoms with van der Waals surface area (Å²) in [5.74, 6) is -0.277. The van der Waals surface area contributed by atoms with Gasteiger partial charge in [-0.1, -0.05) is 6.07 Å². The Morgan fingerprint density at radius 3 is 2.64 bits per heavy atom. The van der Waals surface area contributed by atoms with Crippen molar-refractivity contribution in [1.82, 2.24) is 14.5 Å². The number of carbonyl (C=O) groups excluding carboxylic acids is 1. The highest BCUT2D eigenvalue weighted by atomic mass is 32.1. The first-order valence-electron chi connectivity index (χ1n) is 8.95. The Kier molecular flexibility index (Phi) is 5.84. The van der Waals surface area contributed by atoms with Crippen LogP contribution in [0.4, 0.5) is 4.39 Å². The molecule has 2 heterocycles. The smallest absolute Gasteiger partial charge is 0.242 e. The summed E-state index contributed by atoms with van der Waals surface area (Å²) in [4.78, 5) is 18.9. The number of aryl methyl sites for hydroxylation is 2. The number of benzene rings is 1. The van der Waals surface area contributed by atoms with Crippen LogP contribution in [0, 0.1) is 26.6 Å². The van der Waals surface area contributed by atoms with E-state index in [9.17, 15) is 9.18 Å². The van der Waals surface area contributed by atoms with E-state index in [2.05, 4.69) is 11.1 Å². The highest BCUT2D eigenvalue weighted by molar-refractivity contribution is 7.09. The van der Waals surface area contributed by atoms with Crippen molar-refractivity contribution in [2.24, 2.45) is 0 Å². The zero-order chi connectivity index (χ0) is 20.4. The fourth-order valence-corrected chi connectivity index (χ4v) is 3.83. The summed E-state index contributed by atoms with van der Waals surface area (Å²) >= 11 is 1.61. The molecule has 2 aromatic heterocycles. The molecule has 0 spiro atoms. The summed E-state index contributed by atoms with van der Waals surface area (Å²) in [6.45, 7) is 6.53. The van der Waals surface area contributed by atoms with Gasteiger partial charge in [0, 0.05) is 35.9 Å². The summed E-state index contributed by atoms with van der Waals surface area (Å²) < 4.78 is 20.8. The second-order valence-corrected chi connectivity index (χ2v) is 7.90. The van der Waals surface area contributed by atoms with Crippen molar-refractivity contribution < 1.29 is 13.9 Å². The van der Waals surface area contributed by atoms with Crippen molar-refractivity contribution in [2.45, 2.75) is 33.9 Å². The van der Waals surface area contributed by atoms with Crippen LogP contribution in [0.25, 0.3) is 11.3 Å². The van der Waals surface area contributed by atoms with E-state index in [-0.39, 0.29) is 18.2 Å². The summed E-state index contributed by atoms with van der Waals surface area (Å²) in [5, 5.41) is 3.05. The lowest BCUT2D eigenvalue weighted by Gasteiger charge is -2.19. The van der Waals surface area contributed by atoms with E-state index < -0.39 is 5.82 Å². The van der Waals surface area contributed by atoms with Crippen molar-refractivity contribution in [3.05, 3.63) is 57.4 Å². The van der Waals surface area contributed by atoms with E-state index in [0.717, 1.165) is 27.7 Å². The number of ether oxygens (including phenoxy) is 1. The number of methoxy groups -OCH3 is 1. The summed E-state index contributed by atoms with van der Waals surface area (Å²) in [6.07, 6.45) is 0. The van der Waals surface area contributed by atoms with Crippen molar-refractivity contribution in [3.8, 4) is 17.0 Å². The van der Waals surface area contributed by atoms with E-state index in [1.807, 2.05) is 30.7 Å². The van der Waals surface area contributed by atoms with Crippen molar-refractivity contribution in [3.63, 3.8) is 0 Å². The number of rotatable bonds is 6. The van der Waals surface area contributed by atoms with Crippen LogP contribution in [0.15, 0.2) is 29.6 Å². The lowest BCUT2D eigenvalue weighted by Crippen LogP contribution is -2.30. The first kappa shape index (κ1) is 20.1. The molecule has 0 fully saturated rings. The van der Waals surface area contributed by atoms with Crippen molar-refractivity contribution in [2.75, 3.05) is 14.2 Å². The molecule has 0 saturated carbocycles. The van der Waals surface area contributed by atoms with Gasteiger partial charge in [0.15, 0.2) is 11.6 Å². The molecule has 3 aromatic rings. The SMILES string of the molecule is COc1ccc(CN(C)C(=O)Cn2c(C)cc(-c3csc(C)n3)c2C)cc1F. The predicted molar refractivity (Wildman–Crippen MR) is 109 cm³/mol. The number of aromatic nitrogens is 2. The Bertz CT molecular complexity index is 1010. The number of thiazole rings is 1. The average molecular weight is 402 g/mol. The molecule has 0 bridgehead atoms. The molecule has 0 atom stereocenters. The molecule has 1 amide bonds. The van der Waals surface area contributed by atoms with Crippen LogP contribution < -0.4 is 4.74 Å². The largest absolute Gasteiger partial charge is 0.494 e. The van der Waals surface area contributed by atoms with E-state index in [1.54, 1.807) is 35.4 Å². The molecule has 28 heavy (non-hydrogen) atoms. The van der Waals surface area contributed by atoms with Gasteiger partial charge >= 0.3 is 0 Å². The van der Waals surface area contributed by atoms with Gasteiger partial charge in [-0.15, -0.1) is 11.3 Å². The van der Waals surface area contributed by atoms with Gasteiger partial charge in [0.25, 0.3) is 0 Å². The Morgan fingerprint density at radius 1 is 1.29 bits per heavy atom. The molecule has 5 nitrogen and oxygen atoms in total. The second kappa shape index (κ2) is 8.14. The molecule has 0 N–H and O–H groups in total. The minimum Gasteiger partial charge on any atom is -0.494 e. The molecule has 148 valence electrons. The standard InChI is InChI=1S/C21H24FN3O2S/c1-13-8-17(19-12-28-15(3)23-19)14(2)25(13)11-21(26)24(4)10-16-6-7-20(27-5)18(22)9-16/h6-9,12H,10-11H2,1-5H3. The summed E-state index contributed by atoms with van der Waals surface area (Å²) in [5.41, 5.74) is 4.73. The number of amides is 1. The third kappa shape index (κ3) is 4.09. The van der Waals surface area contributed by atoms with Crippen LogP contribution >= 0.6 is 11.3 Å². The van der Waals surface area contributed by atoms with E-state index in [1.165, 1.54) is 13.2 Å². The number of likely N-dealkylation sites (N-methyl/N-ethyl adjacent to an activating group) is 1. The number of hydrogen-bond acceptors (Lipinski definition) is 4. The Balaban J connectivity index is 1.74. The average Bonchev–Trinajstić information content (AvgIpc) is 3.20. The Morgan fingerprint density at radius 2 is 2.04 bits per heavy atom. The van der Waals surface area contributed by atoms with Gasteiger partial charge < -0.3 is 14.2 Å². The molecule has 1 aromatic carbocycles. The minimum absolute atomic E-state index is 0.0426. The first-order valence-corrected chi connectivity index (χ1v) is 9.83. The van der Waals surface area contributed by atoms with Gasteiger partial charge in [-0.05, 0) is 44.5 Å². The van der Waals surface area contributed by atoms with Crippen molar-refractivity contribution >= 4 is 17.2 Å². The maximum atomic E-state index is 13.9. The molecule has 0 radical (unpaired) electrons. The zero-order valence-electron chi connectivity index (χ0n) is 16.7. The van der Waals surface area contributed by atoms with Crippen LogP contribution in [0.5, 0.6) is 5.75 Å². The van der Waals surface area contributed by atoms with Gasteiger partial charge in [0.1, 0.15) is 6.54 Å². The fraction of sp³-hybridized carbons (Fsp3) is 0.333. The molecule has 7 heteroatoms. The molecule has 0 aliphatic heterocycles. The maximum Gasteiger partial charge on any atom is 0.242 e. The topological polar surface area (TPSA) is 47.4 Å². The van der Waals surface area contributed by atoms with Crippen molar-refractivity contribution in [1.29, 1.82) is 0 Å². The first-order chi connectivity index (χ1) is 13.3. The predicted octanol–water partition coefficient (Wildman–Crippen LogP) is 4.34. The lowest BCUT2D eigenvalue weighted by molar-refractivity contribution is -0.131. The van der Waals surface area contributed by atoms with Crippen LogP contribution in [0.1, 0.15) is 22.0 Å². The van der Waals surface area contributed by atoms with Gasteiger partial charge in [0.2, 0.25) is 5.91 Å². The van der Waals surface area contributed by atoms with Gasteiger partial charge in [-0.3, -0.25) is 4.79 Å². The Hall–Kier alpha value is -2.67. The van der Waals surface area contributed by atoms with Gasteiger partial charge in [-0.2, -0.15) is 0 Å².